The second-order valence-corrected chi connectivity index (χ2v) is 8.29. The van der Waals surface area contributed by atoms with Crippen LogP contribution in [0.5, 0.6) is 29.0 Å². The molecule has 4 rings (SSSR count). The van der Waals surface area contributed by atoms with Crippen LogP contribution in [0.25, 0.3) is 6.08 Å². The minimum atomic E-state index is -0.450. The Morgan fingerprint density at radius 1 is 0.921 bits per heavy atom. The van der Waals surface area contributed by atoms with Crippen LogP contribution in [0.2, 0.25) is 0 Å². The maximum Gasteiger partial charge on any atom is 0.331 e. The van der Waals surface area contributed by atoms with Gasteiger partial charge in [-0.3, -0.25) is 0 Å². The molecular weight excluding hydrogens is 482 g/mol. The zero-order valence-corrected chi connectivity index (χ0v) is 21.2. The van der Waals surface area contributed by atoms with Crippen molar-refractivity contribution in [3.8, 4) is 35.1 Å². The second-order valence-electron chi connectivity index (χ2n) is 8.29. The SMILES string of the molecule is COc1cc(COC(=O)C=Cc2ccccc2)ccc1Oc1cc(Oc2c(C)cc(C#N)cc2C)ncn1. The Kier molecular flexibility index (Phi) is 8.32. The van der Waals surface area contributed by atoms with E-state index in [1.165, 1.54) is 19.5 Å². The zero-order valence-electron chi connectivity index (χ0n) is 21.2. The number of nitrogens with zero attached hydrogens (tertiary/aromatic N) is 3. The van der Waals surface area contributed by atoms with E-state index in [0.717, 1.165) is 22.3 Å². The van der Waals surface area contributed by atoms with E-state index < -0.39 is 5.97 Å². The average molecular weight is 508 g/mol. The second kappa shape index (κ2) is 12.2. The fourth-order valence-electron chi connectivity index (χ4n) is 3.64. The first-order valence-corrected chi connectivity index (χ1v) is 11.7. The molecule has 0 aliphatic heterocycles. The van der Waals surface area contributed by atoms with Gasteiger partial charge in [-0.05, 0) is 66.4 Å². The quantitative estimate of drug-likeness (QED) is 0.192. The summed E-state index contributed by atoms with van der Waals surface area (Å²) in [5.74, 6) is 1.57. The molecule has 0 fully saturated rings. The van der Waals surface area contributed by atoms with Crippen molar-refractivity contribution in [3.63, 3.8) is 0 Å². The highest BCUT2D eigenvalue weighted by Crippen LogP contribution is 2.34. The van der Waals surface area contributed by atoms with Crippen LogP contribution in [-0.2, 0) is 16.1 Å². The topological polar surface area (TPSA) is 104 Å². The molecule has 0 spiro atoms. The molecule has 8 nitrogen and oxygen atoms in total. The number of benzene rings is 3. The van der Waals surface area contributed by atoms with Crippen LogP contribution in [-0.4, -0.2) is 23.0 Å². The lowest BCUT2D eigenvalue weighted by atomic mass is 10.1. The summed E-state index contributed by atoms with van der Waals surface area (Å²) in [7, 11) is 1.52. The number of aryl methyl sites for hydroxylation is 2. The van der Waals surface area contributed by atoms with Gasteiger partial charge in [-0.2, -0.15) is 5.26 Å². The van der Waals surface area contributed by atoms with Crippen molar-refractivity contribution in [2.75, 3.05) is 7.11 Å². The number of rotatable bonds is 9. The molecule has 4 aromatic rings. The molecule has 0 N–H and O–H groups in total. The minimum absolute atomic E-state index is 0.0728. The van der Waals surface area contributed by atoms with Gasteiger partial charge in [-0.15, -0.1) is 0 Å². The Balaban J connectivity index is 1.42. The maximum absolute atomic E-state index is 12.1. The third-order valence-electron chi connectivity index (χ3n) is 5.45. The lowest BCUT2D eigenvalue weighted by Crippen LogP contribution is -2.01. The first kappa shape index (κ1) is 25.9. The van der Waals surface area contributed by atoms with Crippen LogP contribution in [0.3, 0.4) is 0 Å². The summed E-state index contributed by atoms with van der Waals surface area (Å²) in [5, 5.41) is 9.16. The van der Waals surface area contributed by atoms with Gasteiger partial charge in [0.25, 0.3) is 0 Å². The van der Waals surface area contributed by atoms with Gasteiger partial charge in [0.1, 0.15) is 18.7 Å². The highest BCUT2D eigenvalue weighted by Gasteiger charge is 2.13. The van der Waals surface area contributed by atoms with Gasteiger partial charge in [0.15, 0.2) is 11.5 Å². The Morgan fingerprint density at radius 2 is 1.63 bits per heavy atom. The number of esters is 1. The van der Waals surface area contributed by atoms with E-state index in [1.807, 2.05) is 44.2 Å². The van der Waals surface area contributed by atoms with Crippen molar-refractivity contribution in [1.29, 1.82) is 5.26 Å². The van der Waals surface area contributed by atoms with E-state index in [4.69, 9.17) is 24.2 Å². The standard InChI is InChI=1S/C30H25N3O5/c1-20-13-24(17-31)14-21(2)30(20)38-28-16-27(32-19-33-28)37-25-11-9-23(15-26(25)35-3)18-36-29(34)12-10-22-7-5-4-6-8-22/h4-16,19H,18H2,1-3H3. The molecule has 3 aromatic carbocycles. The third-order valence-corrected chi connectivity index (χ3v) is 5.45. The normalized spacial score (nSPS) is 10.6. The first-order chi connectivity index (χ1) is 18.4. The number of aromatic nitrogens is 2. The molecule has 0 saturated heterocycles. The summed E-state index contributed by atoms with van der Waals surface area (Å²) >= 11 is 0. The summed E-state index contributed by atoms with van der Waals surface area (Å²) in [6.07, 6.45) is 4.42. The van der Waals surface area contributed by atoms with Gasteiger partial charge in [0.2, 0.25) is 11.8 Å². The Morgan fingerprint density at radius 3 is 2.32 bits per heavy atom. The summed E-state index contributed by atoms with van der Waals surface area (Å²) in [6, 6.07) is 21.9. The molecule has 1 heterocycles. The lowest BCUT2D eigenvalue weighted by molar-refractivity contribution is -0.138. The zero-order chi connectivity index (χ0) is 26.9. The third kappa shape index (κ3) is 6.74. The van der Waals surface area contributed by atoms with E-state index >= 15 is 0 Å². The van der Waals surface area contributed by atoms with E-state index in [-0.39, 0.29) is 18.4 Å². The number of carbonyl (C=O) groups excluding carboxylic acids is 1. The molecule has 0 aliphatic rings. The van der Waals surface area contributed by atoms with Crippen molar-refractivity contribution < 1.29 is 23.7 Å². The summed E-state index contributed by atoms with van der Waals surface area (Å²) in [6.45, 7) is 3.81. The van der Waals surface area contributed by atoms with Crippen LogP contribution in [0.4, 0.5) is 0 Å². The maximum atomic E-state index is 12.1. The molecule has 190 valence electrons. The van der Waals surface area contributed by atoms with Crippen LogP contribution in [0, 0.1) is 25.2 Å². The van der Waals surface area contributed by atoms with E-state index in [2.05, 4.69) is 16.0 Å². The number of hydrogen-bond donors (Lipinski definition) is 0. The van der Waals surface area contributed by atoms with Crippen molar-refractivity contribution in [2.45, 2.75) is 20.5 Å². The van der Waals surface area contributed by atoms with Crippen molar-refractivity contribution in [2.24, 2.45) is 0 Å². The Hall–Kier alpha value is -5.16. The van der Waals surface area contributed by atoms with E-state index in [9.17, 15) is 4.79 Å². The van der Waals surface area contributed by atoms with Crippen LogP contribution < -0.4 is 14.2 Å². The highest BCUT2D eigenvalue weighted by molar-refractivity contribution is 5.87. The van der Waals surface area contributed by atoms with E-state index in [0.29, 0.717) is 22.8 Å². The molecule has 0 saturated carbocycles. The highest BCUT2D eigenvalue weighted by atomic mass is 16.5. The number of ether oxygens (including phenoxy) is 4. The largest absolute Gasteiger partial charge is 0.493 e. The van der Waals surface area contributed by atoms with Gasteiger partial charge >= 0.3 is 5.97 Å². The predicted octanol–water partition coefficient (Wildman–Crippen LogP) is 6.31. The van der Waals surface area contributed by atoms with Crippen molar-refractivity contribution in [3.05, 3.63) is 107 Å². The molecule has 38 heavy (non-hydrogen) atoms. The van der Waals surface area contributed by atoms with E-state index in [1.54, 1.807) is 42.5 Å². The molecule has 0 radical (unpaired) electrons. The van der Waals surface area contributed by atoms with Gasteiger partial charge < -0.3 is 18.9 Å². The Bertz CT molecular complexity index is 1490. The fourth-order valence-corrected chi connectivity index (χ4v) is 3.64. The monoisotopic (exact) mass is 507 g/mol. The molecule has 1 aromatic heterocycles. The van der Waals surface area contributed by atoms with Crippen LogP contribution in [0.1, 0.15) is 27.8 Å². The molecule has 0 bridgehead atoms. The van der Waals surface area contributed by atoms with Crippen LogP contribution >= 0.6 is 0 Å². The summed E-state index contributed by atoms with van der Waals surface area (Å²) in [5.41, 5.74) is 3.84. The molecule has 0 atom stereocenters. The molecule has 0 unspecified atom stereocenters. The summed E-state index contributed by atoms with van der Waals surface area (Å²) < 4.78 is 22.7. The van der Waals surface area contributed by atoms with Gasteiger partial charge in [0, 0.05) is 6.08 Å². The smallest absolute Gasteiger partial charge is 0.331 e. The molecule has 8 heteroatoms. The molecule has 0 aliphatic carbocycles. The van der Waals surface area contributed by atoms with Gasteiger partial charge in [0.05, 0.1) is 24.8 Å². The number of nitriles is 1. The first-order valence-electron chi connectivity index (χ1n) is 11.7. The number of methoxy groups -OCH3 is 1. The van der Waals surface area contributed by atoms with Gasteiger partial charge in [-0.1, -0.05) is 36.4 Å². The van der Waals surface area contributed by atoms with Gasteiger partial charge in [-0.25, -0.2) is 14.8 Å². The van der Waals surface area contributed by atoms with Crippen LogP contribution in [0.15, 0.2) is 79.1 Å². The molecular formula is C30H25N3O5. The average Bonchev–Trinajstić information content (AvgIpc) is 2.94. The Labute approximate surface area is 220 Å². The minimum Gasteiger partial charge on any atom is -0.493 e. The van der Waals surface area contributed by atoms with Crippen molar-refractivity contribution in [1.82, 2.24) is 9.97 Å². The predicted molar refractivity (Wildman–Crippen MR) is 141 cm³/mol. The summed E-state index contributed by atoms with van der Waals surface area (Å²) in [4.78, 5) is 20.4. The molecule has 0 amide bonds. The van der Waals surface area contributed by atoms with Crippen molar-refractivity contribution >= 4 is 12.0 Å². The number of carbonyl (C=O) groups is 1. The number of hydrogen-bond acceptors (Lipinski definition) is 8. The fraction of sp³-hybridized carbons (Fsp3) is 0.133. The lowest BCUT2D eigenvalue weighted by Gasteiger charge is -2.13.